The number of carbonyl (C=O) groups excluding carboxylic acids is 1. The second-order valence-corrected chi connectivity index (χ2v) is 7.20. The molecule has 0 atom stereocenters. The maximum Gasteiger partial charge on any atom is 0.178 e. The fourth-order valence-electron chi connectivity index (χ4n) is 1.72. The Bertz CT molecular complexity index is 615. The van der Waals surface area contributed by atoms with E-state index >= 15 is 0 Å². The number of carbonyl (C=O) groups is 1. The Kier molecular flexibility index (Phi) is 20.2. The van der Waals surface area contributed by atoms with Gasteiger partial charge < -0.3 is 0 Å². The van der Waals surface area contributed by atoms with Crippen molar-refractivity contribution in [2.24, 2.45) is 10.9 Å². The largest absolute Gasteiger partial charge is 0.293 e. The van der Waals surface area contributed by atoms with E-state index in [-0.39, 0.29) is 5.78 Å². The molecule has 28 heavy (non-hydrogen) atoms. The van der Waals surface area contributed by atoms with Gasteiger partial charge in [0.2, 0.25) is 0 Å². The quantitative estimate of drug-likeness (QED) is 0.245. The van der Waals surface area contributed by atoms with E-state index in [0.29, 0.717) is 5.70 Å². The number of hydrogen-bond acceptors (Lipinski definition) is 2. The highest BCUT2D eigenvalue weighted by atomic mass is 16.1. The van der Waals surface area contributed by atoms with Crippen LogP contribution in [0.5, 0.6) is 0 Å². The zero-order valence-electron chi connectivity index (χ0n) is 20.7. The third-order valence-electron chi connectivity index (χ3n) is 3.67. The molecule has 0 fully saturated rings. The molecule has 0 aliphatic heterocycles. The third-order valence-corrected chi connectivity index (χ3v) is 3.67. The number of rotatable bonds is 7. The molecule has 2 heteroatoms. The lowest BCUT2D eigenvalue weighted by atomic mass is 9.97. The van der Waals surface area contributed by atoms with Crippen LogP contribution in [0.25, 0.3) is 0 Å². The second-order valence-electron chi connectivity index (χ2n) is 7.20. The molecule has 0 N–H and O–H groups in total. The van der Waals surface area contributed by atoms with Gasteiger partial charge in [0.1, 0.15) is 5.70 Å². The first-order chi connectivity index (χ1) is 13.0. The van der Waals surface area contributed by atoms with E-state index in [4.69, 9.17) is 0 Å². The maximum absolute atomic E-state index is 11.8. The molecule has 0 saturated carbocycles. The number of allylic oxidation sites excluding steroid dienone is 9. The molecule has 2 nitrogen and oxygen atoms in total. The summed E-state index contributed by atoms with van der Waals surface area (Å²) >= 11 is 0. The van der Waals surface area contributed by atoms with E-state index in [1.54, 1.807) is 6.92 Å². The molecule has 0 aromatic rings. The summed E-state index contributed by atoms with van der Waals surface area (Å²) in [5.41, 5.74) is 5.69. The fraction of sp³-hybridized carbons (Fsp3) is 0.538. The molecule has 0 amide bonds. The van der Waals surface area contributed by atoms with Gasteiger partial charge in [-0.05, 0) is 64.7 Å². The van der Waals surface area contributed by atoms with Crippen LogP contribution in [0.4, 0.5) is 0 Å². The minimum atomic E-state index is -0.0342. The van der Waals surface area contributed by atoms with E-state index in [0.717, 1.165) is 28.3 Å². The monoisotopic (exact) mass is 387 g/mol. The highest BCUT2D eigenvalue weighted by molar-refractivity contribution is 5.97. The van der Waals surface area contributed by atoms with Gasteiger partial charge in [-0.15, -0.1) is 0 Å². The molecule has 0 aromatic heterocycles. The van der Waals surface area contributed by atoms with E-state index < -0.39 is 0 Å². The van der Waals surface area contributed by atoms with Crippen molar-refractivity contribution >= 4 is 11.5 Å². The van der Waals surface area contributed by atoms with Gasteiger partial charge in [0, 0.05) is 12.6 Å². The topological polar surface area (TPSA) is 29.4 Å². The van der Waals surface area contributed by atoms with Crippen LogP contribution in [0, 0.1) is 5.92 Å². The summed E-state index contributed by atoms with van der Waals surface area (Å²) in [6.45, 7) is 27.8. The molecular formula is C26H45NO. The molecule has 0 aliphatic carbocycles. The van der Waals surface area contributed by atoms with Crippen LogP contribution < -0.4 is 0 Å². The standard InChI is InChI=1S/C19H27NO.C5H12.C2H6/c1-9-15(7)11-18(13(3)4)17(10-2)12-19(16(8)21)20-14(5)6;1-4-5(2)3;1-2/h9-12H,1H2,2-8H3;5H,4H2,1-3H3;1-2H3/b15-11-,17-10-,19-12-;;. The normalized spacial score (nSPS) is 11.5. The van der Waals surface area contributed by atoms with Crippen molar-refractivity contribution in [3.8, 4) is 0 Å². The number of nitrogens with zero attached hydrogens (tertiary/aromatic N) is 1. The molecule has 0 unspecified atom stereocenters. The van der Waals surface area contributed by atoms with Crippen molar-refractivity contribution in [2.75, 3.05) is 0 Å². The molecule has 160 valence electrons. The summed E-state index contributed by atoms with van der Waals surface area (Å²) in [4.78, 5) is 16.1. The zero-order valence-corrected chi connectivity index (χ0v) is 20.7. The average molecular weight is 388 g/mol. The van der Waals surface area contributed by atoms with Crippen molar-refractivity contribution in [2.45, 2.75) is 89.5 Å². The first kappa shape index (κ1) is 30.8. The minimum absolute atomic E-state index is 0.0342. The number of hydrogen-bond donors (Lipinski definition) is 0. The van der Waals surface area contributed by atoms with Gasteiger partial charge in [0.05, 0.1) is 0 Å². The number of aliphatic imine (C=N–C) groups is 1. The molecule has 0 rings (SSSR count). The van der Waals surface area contributed by atoms with Gasteiger partial charge in [-0.25, -0.2) is 0 Å². The Morgan fingerprint density at radius 2 is 1.46 bits per heavy atom. The van der Waals surface area contributed by atoms with Crippen LogP contribution in [-0.4, -0.2) is 11.5 Å². The van der Waals surface area contributed by atoms with Crippen LogP contribution >= 0.6 is 0 Å². The van der Waals surface area contributed by atoms with Gasteiger partial charge >= 0.3 is 0 Å². The molecule has 0 aromatic carbocycles. The fourth-order valence-corrected chi connectivity index (χ4v) is 1.72. The first-order valence-electron chi connectivity index (χ1n) is 10.4. The SMILES string of the molecule is C=C/C(C)=C\C(=C(C)C)C(=C\C)/C=C(\N=C(C)C)C(C)=O.CC.CCC(C)C. The summed E-state index contributed by atoms with van der Waals surface area (Å²) in [6, 6.07) is 0. The lowest BCUT2D eigenvalue weighted by Crippen LogP contribution is -1.99. The number of ketones is 1. The Balaban J connectivity index is -0.000000767. The minimum Gasteiger partial charge on any atom is -0.293 e. The van der Waals surface area contributed by atoms with E-state index in [1.165, 1.54) is 12.0 Å². The van der Waals surface area contributed by atoms with Gasteiger partial charge in [0.15, 0.2) is 5.78 Å². The Morgan fingerprint density at radius 3 is 1.71 bits per heavy atom. The summed E-state index contributed by atoms with van der Waals surface area (Å²) in [5.74, 6) is 0.850. The molecular weight excluding hydrogens is 342 g/mol. The lowest BCUT2D eigenvalue weighted by molar-refractivity contribution is -0.113. The second kappa shape index (κ2) is 18.4. The van der Waals surface area contributed by atoms with Crippen molar-refractivity contribution in [1.29, 1.82) is 0 Å². The first-order valence-corrected chi connectivity index (χ1v) is 10.4. The van der Waals surface area contributed by atoms with Crippen LogP contribution in [0.1, 0.15) is 89.5 Å². The van der Waals surface area contributed by atoms with Crippen LogP contribution in [0.2, 0.25) is 0 Å². The van der Waals surface area contributed by atoms with Crippen molar-refractivity contribution in [3.05, 3.63) is 58.9 Å². The summed E-state index contributed by atoms with van der Waals surface area (Å²) < 4.78 is 0. The number of Topliss-reactive ketones (excluding diaryl/α,β-unsaturated/α-hetero) is 1. The third kappa shape index (κ3) is 16.2. The zero-order chi connectivity index (χ0) is 22.9. The molecule has 0 spiro atoms. The van der Waals surface area contributed by atoms with Crippen LogP contribution in [-0.2, 0) is 4.79 Å². The van der Waals surface area contributed by atoms with Gasteiger partial charge in [-0.3, -0.25) is 9.79 Å². The maximum atomic E-state index is 11.8. The Hall–Kier alpha value is -1.96. The van der Waals surface area contributed by atoms with Crippen molar-refractivity contribution in [3.63, 3.8) is 0 Å². The van der Waals surface area contributed by atoms with Gasteiger partial charge in [0.25, 0.3) is 0 Å². The van der Waals surface area contributed by atoms with Crippen molar-refractivity contribution < 1.29 is 4.79 Å². The predicted octanol–water partition coefficient (Wildman–Crippen LogP) is 8.43. The van der Waals surface area contributed by atoms with E-state index in [9.17, 15) is 4.79 Å². The highest BCUT2D eigenvalue weighted by Gasteiger charge is 2.07. The molecule has 0 bridgehead atoms. The molecule has 0 saturated heterocycles. The average Bonchev–Trinajstić information content (AvgIpc) is 2.64. The molecule has 0 radical (unpaired) electrons. The summed E-state index contributed by atoms with van der Waals surface area (Å²) in [7, 11) is 0. The highest BCUT2D eigenvalue weighted by Crippen LogP contribution is 2.22. The van der Waals surface area contributed by atoms with Crippen molar-refractivity contribution in [1.82, 2.24) is 0 Å². The smallest absolute Gasteiger partial charge is 0.178 e. The molecule has 0 aliphatic rings. The summed E-state index contributed by atoms with van der Waals surface area (Å²) in [5, 5.41) is 0. The molecule has 0 heterocycles. The van der Waals surface area contributed by atoms with E-state index in [1.807, 2.05) is 59.8 Å². The van der Waals surface area contributed by atoms with Gasteiger partial charge in [-0.1, -0.05) is 77.0 Å². The van der Waals surface area contributed by atoms with Crippen LogP contribution in [0.3, 0.4) is 0 Å². The Labute approximate surface area is 175 Å². The predicted molar refractivity (Wildman–Crippen MR) is 130 cm³/mol. The van der Waals surface area contributed by atoms with Gasteiger partial charge in [-0.2, -0.15) is 0 Å². The Morgan fingerprint density at radius 1 is 1.00 bits per heavy atom. The summed E-state index contributed by atoms with van der Waals surface area (Å²) in [6.07, 6.45) is 9.05. The van der Waals surface area contributed by atoms with E-state index in [2.05, 4.69) is 52.3 Å². The lowest BCUT2D eigenvalue weighted by Gasteiger charge is -2.09. The van der Waals surface area contributed by atoms with Crippen LogP contribution in [0.15, 0.2) is 63.9 Å².